The van der Waals surface area contributed by atoms with Gasteiger partial charge in [-0.2, -0.15) is 0 Å². The Kier molecular flexibility index (Phi) is 3.54. The Labute approximate surface area is 117 Å². The zero-order valence-corrected chi connectivity index (χ0v) is 11.0. The second kappa shape index (κ2) is 5.49. The van der Waals surface area contributed by atoms with Crippen molar-refractivity contribution in [1.29, 1.82) is 0 Å². The van der Waals surface area contributed by atoms with Crippen molar-refractivity contribution in [2.45, 2.75) is 6.10 Å². The van der Waals surface area contributed by atoms with Crippen molar-refractivity contribution in [1.82, 2.24) is 0 Å². The molecule has 0 bridgehead atoms. The summed E-state index contributed by atoms with van der Waals surface area (Å²) in [7, 11) is 0. The number of hydrogen-bond donors (Lipinski definition) is 2. The van der Waals surface area contributed by atoms with E-state index in [4.69, 9.17) is 9.84 Å². The monoisotopic (exact) mass is 268 g/mol. The maximum absolute atomic E-state index is 9.30. The minimum Gasteiger partial charge on any atom is -0.491 e. The molecule has 0 heterocycles. The van der Waals surface area contributed by atoms with E-state index >= 15 is 0 Å². The average molecular weight is 268 g/mol. The standard InChI is InChI=1S/C17H16O3/c18-10-16(19)11-20-17-6-5-14-7-12-3-1-2-4-13(12)8-15(14)9-17/h1-9,16,18-19H,10-11H2. The molecular weight excluding hydrogens is 252 g/mol. The highest BCUT2D eigenvalue weighted by molar-refractivity contribution is 5.98. The molecule has 0 spiro atoms. The van der Waals surface area contributed by atoms with Crippen molar-refractivity contribution in [2.75, 3.05) is 13.2 Å². The van der Waals surface area contributed by atoms with E-state index in [1.165, 1.54) is 10.8 Å². The fraction of sp³-hybridized carbons (Fsp3) is 0.176. The predicted molar refractivity (Wildman–Crippen MR) is 80.0 cm³/mol. The van der Waals surface area contributed by atoms with Gasteiger partial charge in [0.15, 0.2) is 0 Å². The van der Waals surface area contributed by atoms with Crippen LogP contribution in [0.15, 0.2) is 54.6 Å². The van der Waals surface area contributed by atoms with Gasteiger partial charge in [0.05, 0.1) is 6.61 Å². The predicted octanol–water partition coefficient (Wildman–Crippen LogP) is 2.73. The number of benzene rings is 3. The van der Waals surface area contributed by atoms with E-state index in [2.05, 4.69) is 24.3 Å². The zero-order chi connectivity index (χ0) is 13.9. The summed E-state index contributed by atoms with van der Waals surface area (Å²) in [6.07, 6.45) is -0.845. The fourth-order valence-corrected chi connectivity index (χ4v) is 2.25. The van der Waals surface area contributed by atoms with Crippen molar-refractivity contribution in [2.24, 2.45) is 0 Å². The molecule has 3 aromatic rings. The molecular formula is C17H16O3. The number of hydrogen-bond acceptors (Lipinski definition) is 3. The Morgan fingerprint density at radius 1 is 0.850 bits per heavy atom. The molecule has 2 N–H and O–H groups in total. The third kappa shape index (κ3) is 2.59. The summed E-state index contributed by atoms with van der Waals surface area (Å²) >= 11 is 0. The first-order valence-corrected chi connectivity index (χ1v) is 6.60. The van der Waals surface area contributed by atoms with Gasteiger partial charge in [-0.25, -0.2) is 0 Å². The molecule has 0 saturated carbocycles. The second-order valence-corrected chi connectivity index (χ2v) is 4.86. The summed E-state index contributed by atoms with van der Waals surface area (Å²) in [5.41, 5.74) is 0. The van der Waals surface area contributed by atoms with Gasteiger partial charge in [0.25, 0.3) is 0 Å². The Bertz CT molecular complexity index is 736. The first kappa shape index (κ1) is 12.9. The molecule has 0 aliphatic carbocycles. The maximum Gasteiger partial charge on any atom is 0.120 e. The van der Waals surface area contributed by atoms with Crippen LogP contribution in [0.5, 0.6) is 5.75 Å². The summed E-state index contributed by atoms with van der Waals surface area (Å²) in [6.45, 7) is -0.201. The van der Waals surface area contributed by atoms with Crippen LogP contribution < -0.4 is 4.74 Å². The van der Waals surface area contributed by atoms with E-state index in [9.17, 15) is 5.11 Å². The Morgan fingerprint density at radius 3 is 2.20 bits per heavy atom. The maximum atomic E-state index is 9.30. The highest BCUT2D eigenvalue weighted by Gasteiger charge is 2.04. The molecule has 0 radical (unpaired) electrons. The van der Waals surface area contributed by atoms with Gasteiger partial charge in [0, 0.05) is 0 Å². The first-order chi connectivity index (χ1) is 9.76. The summed E-state index contributed by atoms with van der Waals surface area (Å²) in [4.78, 5) is 0. The second-order valence-electron chi connectivity index (χ2n) is 4.86. The lowest BCUT2D eigenvalue weighted by atomic mass is 10.0. The fourth-order valence-electron chi connectivity index (χ4n) is 2.25. The van der Waals surface area contributed by atoms with Crippen LogP contribution in [0.3, 0.4) is 0 Å². The van der Waals surface area contributed by atoms with E-state index in [1.807, 2.05) is 30.3 Å². The van der Waals surface area contributed by atoms with E-state index in [0.29, 0.717) is 5.75 Å². The van der Waals surface area contributed by atoms with E-state index in [-0.39, 0.29) is 13.2 Å². The smallest absolute Gasteiger partial charge is 0.120 e. The molecule has 0 saturated heterocycles. The van der Waals surface area contributed by atoms with Crippen molar-refractivity contribution < 1.29 is 14.9 Å². The minimum absolute atomic E-state index is 0.0928. The average Bonchev–Trinajstić information content (AvgIpc) is 2.50. The number of aliphatic hydroxyl groups is 2. The quantitative estimate of drug-likeness (QED) is 0.715. The van der Waals surface area contributed by atoms with Gasteiger partial charge in [-0.05, 0) is 45.8 Å². The lowest BCUT2D eigenvalue weighted by Crippen LogP contribution is -2.21. The van der Waals surface area contributed by atoms with Gasteiger partial charge in [-0.1, -0.05) is 30.3 Å². The van der Waals surface area contributed by atoms with Crippen LogP contribution in [-0.4, -0.2) is 29.5 Å². The molecule has 20 heavy (non-hydrogen) atoms. The normalized spacial score (nSPS) is 12.7. The van der Waals surface area contributed by atoms with Crippen LogP contribution in [-0.2, 0) is 0 Å². The highest BCUT2D eigenvalue weighted by Crippen LogP contribution is 2.26. The molecule has 3 heteroatoms. The minimum atomic E-state index is -0.845. The topological polar surface area (TPSA) is 49.7 Å². The number of ether oxygens (including phenoxy) is 1. The molecule has 102 valence electrons. The van der Waals surface area contributed by atoms with Gasteiger partial charge in [0.2, 0.25) is 0 Å². The van der Waals surface area contributed by atoms with Gasteiger partial charge in [0.1, 0.15) is 18.5 Å². The largest absolute Gasteiger partial charge is 0.491 e. The van der Waals surface area contributed by atoms with E-state index in [1.54, 1.807) is 0 Å². The van der Waals surface area contributed by atoms with E-state index < -0.39 is 6.10 Å². The summed E-state index contributed by atoms with van der Waals surface area (Å²) in [5, 5.41) is 22.7. The van der Waals surface area contributed by atoms with Crippen molar-refractivity contribution in [3.05, 3.63) is 54.6 Å². The van der Waals surface area contributed by atoms with Crippen molar-refractivity contribution in [3.63, 3.8) is 0 Å². The molecule has 1 unspecified atom stereocenters. The van der Waals surface area contributed by atoms with Crippen LogP contribution in [0.2, 0.25) is 0 Å². The van der Waals surface area contributed by atoms with Gasteiger partial charge in [-0.15, -0.1) is 0 Å². The molecule has 0 aromatic heterocycles. The summed E-state index contributed by atoms with van der Waals surface area (Å²) in [5.74, 6) is 0.695. The number of rotatable bonds is 4. The van der Waals surface area contributed by atoms with Crippen LogP contribution in [0.25, 0.3) is 21.5 Å². The van der Waals surface area contributed by atoms with Crippen LogP contribution >= 0.6 is 0 Å². The molecule has 0 aliphatic rings. The van der Waals surface area contributed by atoms with E-state index in [0.717, 1.165) is 10.8 Å². The SMILES string of the molecule is OCC(O)COc1ccc2cc3ccccc3cc2c1. The Balaban J connectivity index is 1.95. The molecule has 1 atom stereocenters. The van der Waals surface area contributed by atoms with Crippen molar-refractivity contribution >= 4 is 21.5 Å². The molecule has 3 nitrogen and oxygen atoms in total. The first-order valence-electron chi connectivity index (χ1n) is 6.60. The lowest BCUT2D eigenvalue weighted by Gasteiger charge is -2.10. The summed E-state index contributed by atoms with van der Waals surface area (Å²) in [6, 6.07) is 18.3. The third-order valence-corrected chi connectivity index (χ3v) is 3.33. The van der Waals surface area contributed by atoms with Crippen LogP contribution in [0.4, 0.5) is 0 Å². The zero-order valence-electron chi connectivity index (χ0n) is 11.0. The molecule has 0 aliphatic heterocycles. The highest BCUT2D eigenvalue weighted by atomic mass is 16.5. The Morgan fingerprint density at radius 2 is 1.50 bits per heavy atom. The van der Waals surface area contributed by atoms with Gasteiger partial charge in [-0.3, -0.25) is 0 Å². The lowest BCUT2D eigenvalue weighted by molar-refractivity contribution is 0.0536. The van der Waals surface area contributed by atoms with Gasteiger partial charge >= 0.3 is 0 Å². The number of fused-ring (bicyclic) bond motifs is 2. The van der Waals surface area contributed by atoms with Crippen molar-refractivity contribution in [3.8, 4) is 5.75 Å². The van der Waals surface area contributed by atoms with Gasteiger partial charge < -0.3 is 14.9 Å². The summed E-state index contributed by atoms with van der Waals surface area (Å²) < 4.78 is 5.47. The third-order valence-electron chi connectivity index (χ3n) is 3.33. The number of aliphatic hydroxyl groups excluding tert-OH is 2. The molecule has 0 amide bonds. The molecule has 3 rings (SSSR count). The van der Waals surface area contributed by atoms with Crippen LogP contribution in [0, 0.1) is 0 Å². The molecule has 3 aromatic carbocycles. The molecule has 0 fully saturated rings. The Hall–Kier alpha value is -2.10. The van der Waals surface area contributed by atoms with Crippen LogP contribution in [0.1, 0.15) is 0 Å².